The lowest BCUT2D eigenvalue weighted by atomic mass is 9.67. The van der Waals surface area contributed by atoms with Gasteiger partial charge in [0.15, 0.2) is 0 Å². The summed E-state index contributed by atoms with van der Waals surface area (Å²) in [4.78, 5) is 4.54. The van der Waals surface area contributed by atoms with Gasteiger partial charge in [0.25, 0.3) is 0 Å². The largest absolute Gasteiger partial charge is 0.310 e. The average Bonchev–Trinajstić information content (AvgIpc) is 1.57. The van der Waals surface area contributed by atoms with Crippen LogP contribution < -0.4 is 9.80 Å². The summed E-state index contributed by atoms with van der Waals surface area (Å²) in [5, 5.41) is 0. The van der Waals surface area contributed by atoms with Crippen molar-refractivity contribution < 1.29 is 13.7 Å². The van der Waals surface area contributed by atoms with E-state index >= 15 is 0 Å². The Kier molecular flexibility index (Phi) is 11.6. The highest BCUT2D eigenvalue weighted by molar-refractivity contribution is 5.94. The summed E-state index contributed by atoms with van der Waals surface area (Å²) < 4.78 is 93.7. The maximum atomic E-state index is 9.81. The molecule has 450 valence electrons. The third-order valence-electron chi connectivity index (χ3n) is 20.1. The fourth-order valence-corrected chi connectivity index (χ4v) is 16.0. The first kappa shape index (κ1) is 47.1. The molecule has 0 fully saturated rings. The van der Waals surface area contributed by atoms with Gasteiger partial charge in [0, 0.05) is 34.1 Å². The van der Waals surface area contributed by atoms with Crippen LogP contribution in [0.4, 0.5) is 34.1 Å². The molecule has 95 heavy (non-hydrogen) atoms. The van der Waals surface area contributed by atoms with Gasteiger partial charge >= 0.3 is 0 Å². The summed E-state index contributed by atoms with van der Waals surface area (Å²) >= 11 is 0. The van der Waals surface area contributed by atoms with E-state index in [1.54, 1.807) is 12.2 Å². The summed E-state index contributed by atoms with van der Waals surface area (Å²) in [5.41, 5.74) is 18.9. The van der Waals surface area contributed by atoms with Gasteiger partial charge in [-0.1, -0.05) is 304 Å². The zero-order valence-corrected chi connectivity index (χ0v) is 52.1. The molecule has 0 radical (unpaired) electrons. The fraction of sp³-hybridized carbons (Fsp3) is 0.0538. The number of benzene rings is 14. The van der Waals surface area contributed by atoms with Crippen molar-refractivity contribution in [1.82, 2.24) is 0 Å². The number of fused-ring (bicyclic) bond motifs is 9. The first-order valence-electron chi connectivity index (χ1n) is 37.3. The lowest BCUT2D eigenvalue weighted by molar-refractivity contribution is 0.629. The van der Waals surface area contributed by atoms with Crippen LogP contribution in [0.1, 0.15) is 91.6 Å². The van der Waals surface area contributed by atoms with E-state index in [-0.39, 0.29) is 48.1 Å². The highest BCUT2D eigenvalue weighted by atomic mass is 15.1. The van der Waals surface area contributed by atoms with Crippen LogP contribution in [0.5, 0.6) is 0 Å². The van der Waals surface area contributed by atoms with Crippen molar-refractivity contribution in [1.29, 1.82) is 0 Å². The molecule has 0 amide bonds. The third kappa shape index (κ3) is 9.15. The normalized spacial score (nSPS) is 17.2. The minimum Gasteiger partial charge on any atom is -0.310 e. The third-order valence-corrected chi connectivity index (χ3v) is 20.1. The fourth-order valence-electron chi connectivity index (χ4n) is 16.0. The molecule has 0 spiro atoms. The Hall–Kier alpha value is -11.8. The average molecular weight is 1220 g/mol. The standard InChI is InChI=1S/C93H68N2/c1-3-65-43-47-67(48-44-65)63-91(69-27-11-5-12-28-69)85-41-25-23-39-79(85)81-55-51-75(59-87(81)91)94(73-35-19-9-20-36-73)77-53-57-83-84-58-54-78(62-90(84)93(89(83)61-77,71-31-15-7-16-32-71)72-33-17-8-18-34-72)95(74-37-21-10-22-38-74)76-52-56-82-80-40-24-26-42-86(80)92(88(82)60-76,70-29-13-6-14-30-70)64-68-49-45-66(4-2)46-50-68/h3-62H,1-2,63-64H2/i5D,6D,11D,12D,13D,14D,27D,28D,29D,30D. The molecule has 2 nitrogen and oxygen atoms in total. The molecule has 2 unspecified atom stereocenters. The second-order valence-corrected chi connectivity index (χ2v) is 24.9. The molecule has 0 saturated heterocycles. The van der Waals surface area contributed by atoms with E-state index in [0.29, 0.717) is 0 Å². The van der Waals surface area contributed by atoms with Crippen LogP contribution in [0.25, 0.3) is 45.5 Å². The molecule has 3 aliphatic rings. The lowest BCUT2D eigenvalue weighted by Gasteiger charge is -2.36. The number of hydrogen-bond donors (Lipinski definition) is 0. The minimum atomic E-state index is -1.27. The zero-order chi connectivity index (χ0) is 72.2. The summed E-state index contributed by atoms with van der Waals surface area (Å²) in [6, 6.07) is 97.4. The van der Waals surface area contributed by atoms with Gasteiger partial charge in [0.2, 0.25) is 0 Å². The highest BCUT2D eigenvalue weighted by Crippen LogP contribution is 2.61. The lowest BCUT2D eigenvalue weighted by Crippen LogP contribution is -2.30. The van der Waals surface area contributed by atoms with Crippen molar-refractivity contribution in [3.8, 4) is 33.4 Å². The Balaban J connectivity index is 0.883. The van der Waals surface area contributed by atoms with Crippen LogP contribution in [-0.4, -0.2) is 0 Å². The molecule has 17 rings (SSSR count). The van der Waals surface area contributed by atoms with E-state index in [0.717, 1.165) is 134 Å². The molecule has 2 atom stereocenters. The number of nitrogens with zero attached hydrogens (tertiary/aromatic N) is 2. The van der Waals surface area contributed by atoms with Crippen molar-refractivity contribution in [2.45, 2.75) is 29.1 Å². The van der Waals surface area contributed by atoms with Gasteiger partial charge in [-0.3, -0.25) is 0 Å². The monoisotopic (exact) mass is 1220 g/mol. The van der Waals surface area contributed by atoms with E-state index < -0.39 is 52.5 Å². The molecular weight excluding hydrogens is 1150 g/mol. The topological polar surface area (TPSA) is 6.48 Å². The summed E-state index contributed by atoms with van der Waals surface area (Å²) in [7, 11) is 0. The highest BCUT2D eigenvalue weighted by Gasteiger charge is 2.49. The van der Waals surface area contributed by atoms with Gasteiger partial charge in [-0.05, 0) is 197 Å². The van der Waals surface area contributed by atoms with E-state index in [4.69, 9.17) is 2.74 Å². The predicted molar refractivity (Wildman–Crippen MR) is 397 cm³/mol. The van der Waals surface area contributed by atoms with E-state index in [9.17, 15) is 11.0 Å². The summed E-state index contributed by atoms with van der Waals surface area (Å²) in [6.07, 6.45) is 4.16. The molecule has 0 heterocycles. The van der Waals surface area contributed by atoms with Crippen LogP contribution in [0.3, 0.4) is 0 Å². The van der Waals surface area contributed by atoms with E-state index in [1.807, 2.05) is 121 Å². The van der Waals surface area contributed by atoms with Crippen LogP contribution in [0, 0.1) is 0 Å². The summed E-state index contributed by atoms with van der Waals surface area (Å²) in [6.45, 7) is 8.04. The first-order valence-corrected chi connectivity index (χ1v) is 32.3. The van der Waals surface area contributed by atoms with Gasteiger partial charge in [-0.15, -0.1) is 0 Å². The van der Waals surface area contributed by atoms with Gasteiger partial charge < -0.3 is 9.80 Å². The van der Waals surface area contributed by atoms with Gasteiger partial charge in [-0.2, -0.15) is 0 Å². The number of rotatable bonds is 16. The van der Waals surface area contributed by atoms with Crippen LogP contribution in [0.15, 0.2) is 365 Å². The van der Waals surface area contributed by atoms with E-state index in [1.165, 1.54) is 0 Å². The SMILES string of the molecule is [2H]c1c([2H])c([2H])c(C2(Cc3ccc(C=C)cc3)c3ccccc3-c3ccc(N(c4ccccc4)c4ccc5c(c4)C(c4ccccc4)(c4ccccc4)c4cc(N(c6ccccc6)c6ccc7c(c6)C(Cc6ccc(C=C)cc6)(c6c([2H])c([2H])c([2H])c([2H])c6[2H])c6ccccc6-7)ccc4-5)cc32)c([2H])c1[2H]. The molecule has 2 heteroatoms. The molecule has 14 aromatic carbocycles. The van der Waals surface area contributed by atoms with Crippen LogP contribution >= 0.6 is 0 Å². The Morgan fingerprint density at radius 1 is 0.274 bits per heavy atom. The molecular formula is C93H68N2. The van der Waals surface area contributed by atoms with Crippen molar-refractivity contribution in [3.05, 3.63) is 443 Å². The number of anilines is 6. The second-order valence-electron chi connectivity index (χ2n) is 24.9. The minimum absolute atomic E-state index is 0.209. The van der Waals surface area contributed by atoms with Gasteiger partial charge in [0.05, 0.1) is 30.0 Å². The predicted octanol–water partition coefficient (Wildman–Crippen LogP) is 23.4. The number of hydrogen-bond acceptors (Lipinski definition) is 2. The summed E-state index contributed by atoms with van der Waals surface area (Å²) in [5.74, 6) is 0. The van der Waals surface area contributed by atoms with Crippen molar-refractivity contribution >= 4 is 46.3 Å². The molecule has 0 aromatic heterocycles. The maximum Gasteiger partial charge on any atom is 0.0715 e. The quantitative estimate of drug-likeness (QED) is 0.0951. The Morgan fingerprint density at radius 2 is 0.579 bits per heavy atom. The van der Waals surface area contributed by atoms with Crippen molar-refractivity contribution in [2.24, 2.45) is 0 Å². The molecule has 0 saturated carbocycles. The Labute approximate surface area is 572 Å². The molecule has 0 bridgehead atoms. The van der Waals surface area contributed by atoms with Crippen molar-refractivity contribution in [2.75, 3.05) is 9.80 Å². The van der Waals surface area contributed by atoms with Gasteiger partial charge in [0.1, 0.15) is 0 Å². The van der Waals surface area contributed by atoms with E-state index in [2.05, 4.69) is 193 Å². The molecule has 0 aliphatic heterocycles. The second kappa shape index (κ2) is 23.4. The maximum absolute atomic E-state index is 9.81. The number of para-hydroxylation sites is 2. The van der Waals surface area contributed by atoms with Crippen molar-refractivity contribution in [3.63, 3.8) is 0 Å². The molecule has 0 N–H and O–H groups in total. The Bertz CT molecular complexity index is 5430. The zero-order valence-electron chi connectivity index (χ0n) is 62.1. The van der Waals surface area contributed by atoms with Crippen LogP contribution in [0.2, 0.25) is 0 Å². The molecule has 3 aliphatic carbocycles. The van der Waals surface area contributed by atoms with Gasteiger partial charge in [-0.25, -0.2) is 0 Å². The Morgan fingerprint density at radius 3 is 0.937 bits per heavy atom. The first-order chi connectivity index (χ1) is 51.1. The van der Waals surface area contributed by atoms with Crippen LogP contribution in [-0.2, 0) is 29.1 Å². The smallest absolute Gasteiger partial charge is 0.0715 e. The molecule has 14 aromatic rings.